The largest absolute Gasteiger partial charge is 0.434 e. The van der Waals surface area contributed by atoms with Crippen LogP contribution in [0.4, 0.5) is 0 Å². The van der Waals surface area contributed by atoms with Gasteiger partial charge in [0.25, 0.3) is 5.56 Å². The second-order valence-electron chi connectivity index (χ2n) is 6.68. The van der Waals surface area contributed by atoms with E-state index in [1.807, 2.05) is 4.98 Å². The van der Waals surface area contributed by atoms with E-state index in [4.69, 9.17) is 33.2 Å². The molecule has 11 heteroatoms. The smallest absolute Gasteiger partial charge is 0.349 e. The summed E-state index contributed by atoms with van der Waals surface area (Å²) in [7, 11) is 0. The second kappa shape index (κ2) is 7.39. The molecule has 2 aliphatic rings. The number of nitriles is 1. The fourth-order valence-corrected chi connectivity index (χ4v) is 3.97. The molecule has 0 fully saturated rings. The van der Waals surface area contributed by atoms with Crippen LogP contribution in [0.15, 0.2) is 38.0 Å². The predicted molar refractivity (Wildman–Crippen MR) is 107 cm³/mol. The molecule has 2 heterocycles. The molecule has 1 aromatic carbocycles. The Kier molecular flexibility index (Phi) is 4.90. The molecular weight excluding hydrogens is 419 g/mol. The molecule has 1 unspecified atom stereocenters. The van der Waals surface area contributed by atoms with Crippen molar-refractivity contribution in [2.75, 3.05) is 6.54 Å². The number of nitrogens with zero attached hydrogens (tertiary/aromatic N) is 4. The van der Waals surface area contributed by atoms with Crippen molar-refractivity contribution in [1.29, 1.82) is 5.26 Å². The van der Waals surface area contributed by atoms with Gasteiger partial charge < -0.3 is 10.2 Å². The van der Waals surface area contributed by atoms with Crippen molar-refractivity contribution in [1.82, 2.24) is 20.2 Å². The van der Waals surface area contributed by atoms with Crippen LogP contribution in [0.3, 0.4) is 0 Å². The summed E-state index contributed by atoms with van der Waals surface area (Å²) in [5.41, 5.74) is 3.26. The number of benzene rings is 1. The molecule has 148 valence electrons. The Bertz CT molecular complexity index is 1210. The van der Waals surface area contributed by atoms with Gasteiger partial charge in [-0.1, -0.05) is 30.1 Å². The van der Waals surface area contributed by atoms with E-state index in [0.29, 0.717) is 18.4 Å². The average Bonchev–Trinajstić information content (AvgIpc) is 3.06. The van der Waals surface area contributed by atoms with Crippen molar-refractivity contribution >= 4 is 29.1 Å². The van der Waals surface area contributed by atoms with Crippen LogP contribution in [0.1, 0.15) is 25.5 Å². The molecule has 0 bridgehead atoms. The molecule has 1 aliphatic carbocycles. The minimum Gasteiger partial charge on any atom is -0.434 e. The summed E-state index contributed by atoms with van der Waals surface area (Å²) < 4.78 is 6.77. The number of nitrogens with one attached hydrogen (secondary N) is 2. The monoisotopic (exact) mass is 432 g/mol. The Morgan fingerprint density at radius 2 is 2.03 bits per heavy atom. The van der Waals surface area contributed by atoms with Gasteiger partial charge in [-0.2, -0.15) is 9.94 Å². The lowest BCUT2D eigenvalue weighted by Gasteiger charge is -2.20. The first kappa shape index (κ1) is 19.2. The first-order valence-electron chi connectivity index (χ1n) is 8.73. The molecule has 0 radical (unpaired) electrons. The van der Waals surface area contributed by atoms with E-state index in [1.54, 1.807) is 6.07 Å². The Balaban J connectivity index is 1.73. The zero-order valence-electron chi connectivity index (χ0n) is 15.1. The quantitative estimate of drug-likeness (QED) is 0.748. The summed E-state index contributed by atoms with van der Waals surface area (Å²) in [6.45, 7) is 2.80. The van der Waals surface area contributed by atoms with Gasteiger partial charge in [0, 0.05) is 5.57 Å². The van der Waals surface area contributed by atoms with E-state index < -0.39 is 16.9 Å². The van der Waals surface area contributed by atoms with Crippen LogP contribution in [0.25, 0.3) is 5.69 Å². The second-order valence-corrected chi connectivity index (χ2v) is 7.50. The lowest BCUT2D eigenvalue weighted by atomic mass is 10.0. The molecule has 0 saturated heterocycles. The number of H-pyrrole nitrogens is 1. The van der Waals surface area contributed by atoms with Crippen LogP contribution in [0.2, 0.25) is 10.0 Å². The van der Waals surface area contributed by atoms with Crippen molar-refractivity contribution in [3.8, 4) is 17.5 Å². The molecule has 1 aromatic heterocycles. The number of aromatic amines is 1. The Labute approximate surface area is 174 Å². The third-order valence-electron chi connectivity index (χ3n) is 4.82. The summed E-state index contributed by atoms with van der Waals surface area (Å²) in [6, 6.07) is 4.43. The SMILES string of the molecule is CC1CCC2=C1C(Oc1c(Cl)cc(-n3nc(C#N)c(=O)[nH]c3=O)cc1Cl)=NNC2. The summed E-state index contributed by atoms with van der Waals surface area (Å²) >= 11 is 12.7. The minimum atomic E-state index is -0.872. The normalized spacial score (nSPS) is 18.0. The molecule has 0 spiro atoms. The molecule has 2 aromatic rings. The molecule has 2 N–H and O–H groups in total. The van der Waals surface area contributed by atoms with Gasteiger partial charge in [-0.05, 0) is 36.5 Å². The molecule has 1 aliphatic heterocycles. The van der Waals surface area contributed by atoms with Crippen molar-refractivity contribution in [2.45, 2.75) is 19.8 Å². The standard InChI is InChI=1S/C18H14Cl2N6O3/c1-8-2-3-9-7-22-24-17(14(8)9)29-15-11(19)4-10(5-12(15)20)26-18(28)23-16(27)13(6-21)25-26/h4-5,8,22H,2-3,7H2,1H3,(H,23,27,28). The number of ether oxygens (including phenoxy) is 1. The molecule has 0 saturated carbocycles. The molecule has 1 atom stereocenters. The van der Waals surface area contributed by atoms with E-state index in [1.165, 1.54) is 17.7 Å². The minimum absolute atomic E-state index is 0.118. The van der Waals surface area contributed by atoms with E-state index >= 15 is 0 Å². The van der Waals surface area contributed by atoms with Gasteiger partial charge in [-0.15, -0.1) is 10.2 Å². The number of halogens is 2. The molecule has 4 rings (SSSR count). The number of hydrogen-bond donors (Lipinski definition) is 2. The van der Waals surface area contributed by atoms with Crippen LogP contribution in [0.5, 0.6) is 5.75 Å². The third-order valence-corrected chi connectivity index (χ3v) is 5.38. The number of hydrogen-bond acceptors (Lipinski definition) is 7. The fraction of sp³-hybridized carbons (Fsp3) is 0.278. The first-order chi connectivity index (χ1) is 13.9. The van der Waals surface area contributed by atoms with Crippen molar-refractivity contribution in [3.05, 3.63) is 59.9 Å². The van der Waals surface area contributed by atoms with Crippen LogP contribution in [0, 0.1) is 17.2 Å². The third kappa shape index (κ3) is 3.41. The Morgan fingerprint density at radius 1 is 1.31 bits per heavy atom. The van der Waals surface area contributed by atoms with Crippen molar-refractivity contribution in [3.63, 3.8) is 0 Å². The number of aromatic nitrogens is 3. The van der Waals surface area contributed by atoms with Gasteiger partial charge in [0.15, 0.2) is 5.75 Å². The number of hydrazone groups is 1. The van der Waals surface area contributed by atoms with E-state index in [2.05, 4.69) is 22.5 Å². The lowest BCUT2D eigenvalue weighted by molar-refractivity contribution is 0.523. The zero-order valence-corrected chi connectivity index (χ0v) is 16.6. The summed E-state index contributed by atoms with van der Waals surface area (Å²) in [4.78, 5) is 25.6. The molecule has 0 amide bonds. The molecule has 9 nitrogen and oxygen atoms in total. The summed E-state index contributed by atoms with van der Waals surface area (Å²) in [5.74, 6) is 0.915. The van der Waals surface area contributed by atoms with Gasteiger partial charge in [0.2, 0.25) is 11.6 Å². The van der Waals surface area contributed by atoms with E-state index in [-0.39, 0.29) is 21.5 Å². The van der Waals surface area contributed by atoms with Crippen molar-refractivity contribution in [2.24, 2.45) is 11.0 Å². The average molecular weight is 433 g/mol. The van der Waals surface area contributed by atoms with Gasteiger partial charge in [-0.3, -0.25) is 9.78 Å². The predicted octanol–water partition coefficient (Wildman–Crippen LogP) is 2.12. The lowest BCUT2D eigenvalue weighted by Crippen LogP contribution is -2.33. The van der Waals surface area contributed by atoms with Crippen LogP contribution >= 0.6 is 23.2 Å². The van der Waals surface area contributed by atoms with E-state index in [0.717, 1.165) is 23.1 Å². The highest BCUT2D eigenvalue weighted by Crippen LogP contribution is 2.39. The Morgan fingerprint density at radius 3 is 2.72 bits per heavy atom. The van der Waals surface area contributed by atoms with Crippen LogP contribution in [-0.2, 0) is 0 Å². The highest BCUT2D eigenvalue weighted by molar-refractivity contribution is 6.37. The maximum atomic E-state index is 12.1. The number of rotatable bonds is 2. The van der Waals surface area contributed by atoms with Crippen LogP contribution in [-0.4, -0.2) is 27.2 Å². The Hall–Kier alpha value is -3.09. The first-order valence-corrected chi connectivity index (χ1v) is 9.48. The van der Waals surface area contributed by atoms with Gasteiger partial charge in [0.1, 0.15) is 6.07 Å². The van der Waals surface area contributed by atoms with E-state index in [9.17, 15) is 9.59 Å². The fourth-order valence-electron chi connectivity index (χ4n) is 3.42. The zero-order chi connectivity index (χ0) is 20.7. The maximum absolute atomic E-state index is 12.1. The maximum Gasteiger partial charge on any atom is 0.349 e. The van der Waals surface area contributed by atoms with Gasteiger partial charge in [-0.25, -0.2) is 4.79 Å². The molecule has 29 heavy (non-hydrogen) atoms. The summed E-state index contributed by atoms with van der Waals surface area (Å²) in [6.07, 6.45) is 2.01. The van der Waals surface area contributed by atoms with Crippen molar-refractivity contribution < 1.29 is 4.74 Å². The summed E-state index contributed by atoms with van der Waals surface area (Å²) in [5, 5.41) is 17.2. The highest BCUT2D eigenvalue weighted by atomic mass is 35.5. The van der Waals surface area contributed by atoms with Gasteiger partial charge in [0.05, 0.1) is 22.3 Å². The van der Waals surface area contributed by atoms with Crippen LogP contribution < -0.4 is 21.4 Å². The molecular formula is C18H14Cl2N6O3. The van der Waals surface area contributed by atoms with Gasteiger partial charge >= 0.3 is 5.69 Å². The topological polar surface area (TPSA) is 125 Å². The highest BCUT2D eigenvalue weighted by Gasteiger charge is 2.30.